The molecule has 1 aliphatic rings. The maximum Gasteiger partial charge on any atom is 0.303 e. The fourth-order valence-corrected chi connectivity index (χ4v) is 3.73. The minimum atomic E-state index is -0.895. The van der Waals surface area contributed by atoms with Crippen LogP contribution in [-0.4, -0.2) is 39.8 Å². The Morgan fingerprint density at radius 3 is 2.22 bits per heavy atom. The van der Waals surface area contributed by atoms with Crippen molar-refractivity contribution >= 4 is 47.2 Å². The molecule has 1 aliphatic heterocycles. The lowest BCUT2D eigenvalue weighted by Gasteiger charge is -2.13. The number of aliphatic carboxylic acids is 1. The lowest BCUT2D eigenvalue weighted by molar-refractivity contribution is -0.137. The summed E-state index contributed by atoms with van der Waals surface area (Å²) in [4.78, 5) is 25.5. The molecule has 2 aromatic rings. The van der Waals surface area contributed by atoms with E-state index in [0.717, 1.165) is 22.9 Å². The number of carboxylic acid groups (broad SMARTS) is 1. The van der Waals surface area contributed by atoms with Gasteiger partial charge in [0.2, 0.25) is 0 Å². The number of hydrogen-bond acceptors (Lipinski definition) is 5. The molecule has 7 heteroatoms. The molecule has 0 aromatic heterocycles. The molecule has 2 aromatic carbocycles. The number of allylic oxidation sites excluding steroid dienone is 3. The summed E-state index contributed by atoms with van der Waals surface area (Å²) in [6.45, 7) is 0.270. The van der Waals surface area contributed by atoms with Crippen LogP contribution >= 0.6 is 11.8 Å². The SMILES string of the molecule is O=C(O)CCCN1C(=O)SC(=CC=Cc2ccccc2)C1=NN=CC=Cc1ccccc1. The highest BCUT2D eigenvalue weighted by atomic mass is 32.2. The smallest absolute Gasteiger partial charge is 0.303 e. The lowest BCUT2D eigenvalue weighted by Crippen LogP contribution is -2.29. The van der Waals surface area contributed by atoms with Gasteiger partial charge in [-0.05, 0) is 41.5 Å². The number of amides is 1. The number of rotatable bonds is 9. The van der Waals surface area contributed by atoms with Crippen molar-refractivity contribution in [3.63, 3.8) is 0 Å². The second-order valence-electron chi connectivity index (χ2n) is 6.78. The third kappa shape index (κ3) is 7.21. The Kier molecular flexibility index (Phi) is 8.77. The van der Waals surface area contributed by atoms with Gasteiger partial charge in [-0.25, -0.2) is 0 Å². The van der Waals surface area contributed by atoms with Crippen molar-refractivity contribution in [1.29, 1.82) is 0 Å². The monoisotopic (exact) mass is 445 g/mol. The van der Waals surface area contributed by atoms with Gasteiger partial charge >= 0.3 is 5.97 Å². The highest BCUT2D eigenvalue weighted by molar-refractivity contribution is 8.18. The van der Waals surface area contributed by atoms with E-state index in [-0.39, 0.29) is 18.2 Å². The van der Waals surface area contributed by atoms with Crippen LogP contribution in [0.1, 0.15) is 24.0 Å². The number of hydrogen-bond donors (Lipinski definition) is 1. The van der Waals surface area contributed by atoms with Crippen LogP contribution < -0.4 is 0 Å². The molecule has 162 valence electrons. The van der Waals surface area contributed by atoms with E-state index in [9.17, 15) is 9.59 Å². The van der Waals surface area contributed by atoms with E-state index in [4.69, 9.17) is 5.11 Å². The fourth-order valence-electron chi connectivity index (χ4n) is 2.87. The summed E-state index contributed by atoms with van der Waals surface area (Å²) in [6, 6.07) is 19.6. The molecule has 0 bridgehead atoms. The number of benzene rings is 2. The van der Waals surface area contributed by atoms with Gasteiger partial charge in [-0.15, -0.1) is 5.10 Å². The minimum Gasteiger partial charge on any atom is -0.481 e. The molecule has 32 heavy (non-hydrogen) atoms. The topological polar surface area (TPSA) is 82.3 Å². The first kappa shape index (κ1) is 23.0. The first-order chi connectivity index (χ1) is 15.6. The zero-order chi connectivity index (χ0) is 22.6. The quantitative estimate of drug-likeness (QED) is 0.396. The van der Waals surface area contributed by atoms with Crippen molar-refractivity contribution in [3.8, 4) is 0 Å². The Morgan fingerprint density at radius 1 is 0.969 bits per heavy atom. The van der Waals surface area contributed by atoms with Crippen molar-refractivity contribution in [3.05, 3.63) is 94.9 Å². The summed E-state index contributed by atoms with van der Waals surface area (Å²) in [5, 5.41) is 17.1. The van der Waals surface area contributed by atoms with Gasteiger partial charge in [-0.1, -0.05) is 78.9 Å². The minimum absolute atomic E-state index is 0.0161. The summed E-state index contributed by atoms with van der Waals surface area (Å²) in [7, 11) is 0. The fraction of sp³-hybridized carbons (Fsp3) is 0.120. The molecule has 0 atom stereocenters. The van der Waals surface area contributed by atoms with Gasteiger partial charge in [0.1, 0.15) is 0 Å². The third-order valence-corrected chi connectivity index (χ3v) is 5.33. The van der Waals surface area contributed by atoms with Crippen LogP contribution in [0.3, 0.4) is 0 Å². The van der Waals surface area contributed by atoms with Crippen molar-refractivity contribution in [2.45, 2.75) is 12.8 Å². The molecule has 0 unspecified atom stereocenters. The van der Waals surface area contributed by atoms with Crippen molar-refractivity contribution in [2.75, 3.05) is 6.54 Å². The van der Waals surface area contributed by atoms with Crippen molar-refractivity contribution < 1.29 is 14.7 Å². The molecule has 1 heterocycles. The standard InChI is InChI=1S/C25H23N3O3S/c29-23(30)17-9-19-28-24(27-26-18-8-15-21-12-5-2-6-13-21)22(32-25(28)31)16-7-14-20-10-3-1-4-11-20/h1-8,10-16,18H,9,17,19H2,(H,29,30). The summed E-state index contributed by atoms with van der Waals surface area (Å²) < 4.78 is 0. The molecule has 0 spiro atoms. The predicted molar refractivity (Wildman–Crippen MR) is 132 cm³/mol. The van der Waals surface area contributed by atoms with E-state index in [2.05, 4.69) is 10.2 Å². The van der Waals surface area contributed by atoms with E-state index in [0.29, 0.717) is 17.2 Å². The van der Waals surface area contributed by atoms with Crippen molar-refractivity contribution in [2.24, 2.45) is 10.2 Å². The van der Waals surface area contributed by atoms with Crippen LogP contribution in [0.2, 0.25) is 0 Å². The average molecular weight is 446 g/mol. The molecule has 6 nitrogen and oxygen atoms in total. The maximum atomic E-state index is 12.5. The summed E-state index contributed by atoms with van der Waals surface area (Å²) in [6.07, 6.45) is 11.2. The molecule has 1 saturated heterocycles. The molecule has 0 aliphatic carbocycles. The van der Waals surface area contributed by atoms with Crippen LogP contribution in [0.5, 0.6) is 0 Å². The second kappa shape index (κ2) is 12.2. The van der Waals surface area contributed by atoms with Gasteiger partial charge in [0.05, 0.1) is 4.91 Å². The highest BCUT2D eigenvalue weighted by Gasteiger charge is 2.32. The Balaban J connectivity index is 1.77. The lowest BCUT2D eigenvalue weighted by atomic mass is 10.2. The van der Waals surface area contributed by atoms with Gasteiger partial charge < -0.3 is 5.11 Å². The van der Waals surface area contributed by atoms with Crippen LogP contribution in [0.15, 0.2) is 94.0 Å². The average Bonchev–Trinajstić information content (AvgIpc) is 3.09. The van der Waals surface area contributed by atoms with Gasteiger partial charge in [-0.2, -0.15) is 5.10 Å². The van der Waals surface area contributed by atoms with Crippen LogP contribution in [0, 0.1) is 0 Å². The normalized spacial score (nSPS) is 17.0. The van der Waals surface area contributed by atoms with Gasteiger partial charge in [0, 0.05) is 19.2 Å². The van der Waals surface area contributed by atoms with Gasteiger partial charge in [0.25, 0.3) is 5.24 Å². The number of nitrogens with zero attached hydrogens (tertiary/aromatic N) is 3. The predicted octanol–water partition coefficient (Wildman–Crippen LogP) is 5.72. The molecule has 0 radical (unpaired) electrons. The molecule has 1 fully saturated rings. The highest BCUT2D eigenvalue weighted by Crippen LogP contribution is 2.32. The Labute approximate surface area is 191 Å². The second-order valence-corrected chi connectivity index (χ2v) is 7.77. The number of amidine groups is 1. The summed E-state index contributed by atoms with van der Waals surface area (Å²) in [5.41, 5.74) is 2.08. The summed E-state index contributed by atoms with van der Waals surface area (Å²) >= 11 is 1.06. The largest absolute Gasteiger partial charge is 0.481 e. The van der Waals surface area contributed by atoms with E-state index >= 15 is 0 Å². The summed E-state index contributed by atoms with van der Waals surface area (Å²) in [5.74, 6) is -0.471. The number of carboxylic acids is 1. The Morgan fingerprint density at radius 2 is 1.59 bits per heavy atom. The van der Waals surface area contributed by atoms with E-state index in [1.807, 2.05) is 85.0 Å². The molecule has 1 N–H and O–H groups in total. The number of thioether (sulfide) groups is 1. The van der Waals surface area contributed by atoms with Gasteiger partial charge in [-0.3, -0.25) is 14.5 Å². The Hall–Kier alpha value is -3.71. The molecule has 0 saturated carbocycles. The first-order valence-electron chi connectivity index (χ1n) is 10.1. The van der Waals surface area contributed by atoms with Crippen molar-refractivity contribution in [1.82, 2.24) is 4.90 Å². The zero-order valence-electron chi connectivity index (χ0n) is 17.4. The van der Waals surface area contributed by atoms with E-state index in [1.165, 1.54) is 4.90 Å². The Bertz CT molecular complexity index is 1070. The zero-order valence-corrected chi connectivity index (χ0v) is 18.2. The number of carbonyl (C=O) groups excluding carboxylic acids is 1. The number of carbonyl (C=O) groups is 2. The maximum absolute atomic E-state index is 12.5. The van der Waals surface area contributed by atoms with Crippen LogP contribution in [0.4, 0.5) is 4.79 Å². The van der Waals surface area contributed by atoms with Crippen LogP contribution in [-0.2, 0) is 4.79 Å². The van der Waals surface area contributed by atoms with Crippen LogP contribution in [0.25, 0.3) is 12.2 Å². The molecular weight excluding hydrogens is 422 g/mol. The molecule has 1 amide bonds. The third-order valence-electron chi connectivity index (χ3n) is 4.40. The molecule has 3 rings (SSSR count). The first-order valence-corrected chi connectivity index (χ1v) is 10.9. The van der Waals surface area contributed by atoms with Gasteiger partial charge in [0.15, 0.2) is 5.84 Å². The molecular formula is C25H23N3O3S. The van der Waals surface area contributed by atoms with E-state index in [1.54, 1.807) is 12.3 Å². The van der Waals surface area contributed by atoms with E-state index < -0.39 is 5.97 Å².